The molecule has 0 saturated heterocycles. The van der Waals surface area contributed by atoms with Crippen LogP contribution in [-0.4, -0.2) is 27.8 Å². The van der Waals surface area contributed by atoms with E-state index in [0.29, 0.717) is 11.3 Å². The van der Waals surface area contributed by atoms with Gasteiger partial charge in [-0.05, 0) is 42.8 Å². The van der Waals surface area contributed by atoms with Crippen molar-refractivity contribution in [2.45, 2.75) is 20.8 Å². The van der Waals surface area contributed by atoms with Crippen LogP contribution in [0.25, 0.3) is 5.65 Å². The maximum absolute atomic E-state index is 5.72. The van der Waals surface area contributed by atoms with Gasteiger partial charge in [0.2, 0.25) is 0 Å². The minimum absolute atomic E-state index is 0.630. The molecular weight excluding hydrogens is 284 g/mol. The van der Waals surface area contributed by atoms with Crippen molar-refractivity contribution in [1.82, 2.24) is 14.6 Å². The first-order chi connectivity index (χ1) is 8.08. The number of nitrogens with zero attached hydrogens (tertiary/aromatic N) is 3. The maximum Gasteiger partial charge on any atom is 0.178 e. The van der Waals surface area contributed by atoms with Crippen molar-refractivity contribution in [2.75, 3.05) is 18.9 Å². The van der Waals surface area contributed by atoms with Gasteiger partial charge in [0, 0.05) is 23.9 Å². The summed E-state index contributed by atoms with van der Waals surface area (Å²) in [5.41, 5.74) is 7.05. The summed E-state index contributed by atoms with van der Waals surface area (Å²) in [5, 5.41) is 4.13. The smallest absolute Gasteiger partial charge is 0.178 e. The highest BCUT2D eigenvalue weighted by atomic mass is 79.9. The third-order valence-corrected chi connectivity index (χ3v) is 2.38. The van der Waals surface area contributed by atoms with Gasteiger partial charge in [0.15, 0.2) is 5.65 Å². The monoisotopic (exact) mass is 300 g/mol. The van der Waals surface area contributed by atoms with Gasteiger partial charge in [-0.3, -0.25) is 0 Å². The number of anilines is 1. The predicted octanol–water partition coefficient (Wildman–Crippen LogP) is 2.43. The molecule has 5 nitrogen and oxygen atoms in total. The van der Waals surface area contributed by atoms with E-state index < -0.39 is 0 Å². The van der Waals surface area contributed by atoms with Crippen LogP contribution in [0.1, 0.15) is 19.7 Å². The van der Waals surface area contributed by atoms with Crippen LogP contribution in [0.4, 0.5) is 5.69 Å². The Morgan fingerprint density at radius 1 is 1.41 bits per heavy atom. The topological polar surface area (TPSA) is 65.4 Å². The largest absolute Gasteiger partial charge is 0.396 e. The van der Waals surface area contributed by atoms with E-state index in [0.717, 1.165) is 23.5 Å². The third kappa shape index (κ3) is 3.98. The van der Waals surface area contributed by atoms with Crippen molar-refractivity contribution in [3.05, 3.63) is 22.6 Å². The fourth-order valence-electron chi connectivity index (χ4n) is 1.29. The second kappa shape index (κ2) is 6.56. The average Bonchev–Trinajstić information content (AvgIpc) is 2.61. The number of aryl methyl sites for hydroxylation is 1. The number of hydrogen-bond acceptors (Lipinski definition) is 4. The van der Waals surface area contributed by atoms with E-state index in [-0.39, 0.29) is 0 Å². The summed E-state index contributed by atoms with van der Waals surface area (Å²) in [7, 11) is 0. The van der Waals surface area contributed by atoms with E-state index >= 15 is 0 Å². The van der Waals surface area contributed by atoms with Crippen LogP contribution in [0.2, 0.25) is 0 Å². The molecule has 0 aliphatic heterocycles. The van der Waals surface area contributed by atoms with E-state index in [1.165, 1.54) is 0 Å². The van der Waals surface area contributed by atoms with Crippen molar-refractivity contribution < 1.29 is 4.74 Å². The van der Waals surface area contributed by atoms with Crippen molar-refractivity contribution in [2.24, 2.45) is 0 Å². The van der Waals surface area contributed by atoms with Crippen LogP contribution in [0, 0.1) is 6.92 Å². The van der Waals surface area contributed by atoms with Crippen LogP contribution in [0.15, 0.2) is 16.7 Å². The van der Waals surface area contributed by atoms with E-state index in [2.05, 4.69) is 26.0 Å². The first kappa shape index (κ1) is 13.9. The lowest BCUT2D eigenvalue weighted by Gasteiger charge is -1.96. The molecule has 6 heteroatoms. The van der Waals surface area contributed by atoms with E-state index in [4.69, 9.17) is 10.5 Å². The third-order valence-electron chi connectivity index (χ3n) is 1.94. The summed E-state index contributed by atoms with van der Waals surface area (Å²) in [6.45, 7) is 7.50. The molecule has 0 aromatic carbocycles. The van der Waals surface area contributed by atoms with Gasteiger partial charge in [0.25, 0.3) is 0 Å². The summed E-state index contributed by atoms with van der Waals surface area (Å²) in [4.78, 5) is 4.16. The second-order valence-corrected chi connectivity index (χ2v) is 4.24. The predicted molar refractivity (Wildman–Crippen MR) is 72.0 cm³/mol. The number of pyridine rings is 1. The highest BCUT2D eigenvalue weighted by Crippen LogP contribution is 2.17. The fraction of sp³-hybridized carbons (Fsp3) is 0.455. The zero-order valence-electron chi connectivity index (χ0n) is 10.3. The lowest BCUT2D eigenvalue weighted by Crippen LogP contribution is -1.93. The zero-order chi connectivity index (χ0) is 12.8. The lowest BCUT2D eigenvalue weighted by molar-refractivity contribution is 0.162. The minimum Gasteiger partial charge on any atom is -0.396 e. The van der Waals surface area contributed by atoms with Crippen LogP contribution in [0.3, 0.4) is 0 Å². The Balaban J connectivity index is 0.000000249. The molecule has 0 saturated carbocycles. The molecule has 0 amide bonds. The molecule has 0 bridgehead atoms. The Kier molecular flexibility index (Phi) is 5.37. The molecule has 0 spiro atoms. The number of halogens is 1. The van der Waals surface area contributed by atoms with Gasteiger partial charge in [0.1, 0.15) is 5.82 Å². The van der Waals surface area contributed by atoms with Gasteiger partial charge >= 0.3 is 0 Å². The van der Waals surface area contributed by atoms with Crippen molar-refractivity contribution in [1.29, 1.82) is 0 Å². The Labute approximate surface area is 109 Å². The fourth-order valence-corrected chi connectivity index (χ4v) is 1.73. The van der Waals surface area contributed by atoms with Crippen LogP contribution in [0.5, 0.6) is 0 Å². The molecular formula is C11H17BrN4O. The van der Waals surface area contributed by atoms with Crippen molar-refractivity contribution in [3.63, 3.8) is 0 Å². The van der Waals surface area contributed by atoms with Crippen LogP contribution < -0.4 is 5.73 Å². The maximum atomic E-state index is 5.72. The highest BCUT2D eigenvalue weighted by molar-refractivity contribution is 9.10. The second-order valence-electron chi connectivity index (χ2n) is 3.32. The Bertz CT molecular complexity index is 482. The SMILES string of the molecule is CCOCC.Cc1nc2c(N)cc(Br)cn2n1. The number of ether oxygens (including phenoxy) is 1. The Hall–Kier alpha value is -1.14. The first-order valence-corrected chi connectivity index (χ1v) is 6.23. The summed E-state index contributed by atoms with van der Waals surface area (Å²) in [6.07, 6.45) is 1.83. The number of nitrogen functional groups attached to an aromatic ring is 1. The lowest BCUT2D eigenvalue weighted by atomic mass is 10.4. The molecule has 94 valence electrons. The van der Waals surface area contributed by atoms with Gasteiger partial charge < -0.3 is 10.5 Å². The van der Waals surface area contributed by atoms with Crippen LogP contribution in [-0.2, 0) is 4.74 Å². The first-order valence-electron chi connectivity index (χ1n) is 5.44. The van der Waals surface area contributed by atoms with Gasteiger partial charge in [-0.15, -0.1) is 0 Å². The number of fused-ring (bicyclic) bond motifs is 1. The summed E-state index contributed by atoms with van der Waals surface area (Å²) in [6, 6.07) is 1.81. The Morgan fingerprint density at radius 3 is 2.59 bits per heavy atom. The molecule has 0 aliphatic carbocycles. The van der Waals surface area contributed by atoms with E-state index in [1.54, 1.807) is 4.52 Å². The van der Waals surface area contributed by atoms with Gasteiger partial charge in [0.05, 0.1) is 5.69 Å². The molecule has 2 aromatic heterocycles. The number of rotatable bonds is 2. The number of nitrogens with two attached hydrogens (primary N) is 1. The molecule has 2 heterocycles. The normalized spacial score (nSPS) is 10.1. The van der Waals surface area contributed by atoms with E-state index in [1.807, 2.05) is 33.0 Å². The van der Waals surface area contributed by atoms with Gasteiger partial charge in [-0.1, -0.05) is 0 Å². The molecule has 2 aromatic rings. The molecule has 2 rings (SSSR count). The standard InChI is InChI=1S/C7H7BrN4.C4H10O/c1-4-10-7-6(9)2-5(8)3-12(7)11-4;1-3-5-4-2/h2-3H,9H2,1H3;3-4H2,1-2H3. The average molecular weight is 301 g/mol. The highest BCUT2D eigenvalue weighted by Gasteiger charge is 2.03. The summed E-state index contributed by atoms with van der Waals surface area (Å²) >= 11 is 3.32. The van der Waals surface area contributed by atoms with E-state index in [9.17, 15) is 0 Å². The van der Waals surface area contributed by atoms with Crippen LogP contribution >= 0.6 is 15.9 Å². The quantitative estimate of drug-likeness (QED) is 0.925. The molecule has 17 heavy (non-hydrogen) atoms. The minimum atomic E-state index is 0.630. The summed E-state index contributed by atoms with van der Waals surface area (Å²) in [5.74, 6) is 0.722. The molecule has 2 N–H and O–H groups in total. The summed E-state index contributed by atoms with van der Waals surface area (Å²) < 4.78 is 7.40. The number of hydrogen-bond donors (Lipinski definition) is 1. The molecule has 0 unspecified atom stereocenters. The molecule has 0 atom stereocenters. The van der Waals surface area contributed by atoms with Gasteiger partial charge in [-0.25, -0.2) is 9.50 Å². The van der Waals surface area contributed by atoms with Crippen molar-refractivity contribution >= 4 is 27.3 Å². The van der Waals surface area contributed by atoms with Crippen molar-refractivity contribution in [3.8, 4) is 0 Å². The molecule has 0 fully saturated rings. The zero-order valence-corrected chi connectivity index (χ0v) is 11.9. The number of aromatic nitrogens is 3. The Morgan fingerprint density at radius 2 is 2.06 bits per heavy atom. The molecule has 0 radical (unpaired) electrons. The van der Waals surface area contributed by atoms with Gasteiger partial charge in [-0.2, -0.15) is 5.10 Å². The molecule has 0 aliphatic rings.